The zero-order valence-electron chi connectivity index (χ0n) is 21.4. The van der Waals surface area contributed by atoms with Crippen molar-refractivity contribution in [3.8, 4) is 23.0 Å². The largest absolute Gasteiger partial charge is 0.478 e. The fraction of sp³-hybridized carbons (Fsp3) is 0.0667. The Labute approximate surface area is 228 Å². The zero-order chi connectivity index (χ0) is 28.8. The summed E-state index contributed by atoms with van der Waals surface area (Å²) in [5, 5.41) is 24.1. The number of anilines is 1. The third-order valence-electron chi connectivity index (χ3n) is 5.76. The number of benzene rings is 4. The lowest BCUT2D eigenvalue weighted by molar-refractivity contribution is 0.0682. The van der Waals surface area contributed by atoms with Gasteiger partial charge in [-0.25, -0.2) is 9.59 Å². The monoisotopic (exact) mass is 540 g/mol. The van der Waals surface area contributed by atoms with Crippen LogP contribution in [0, 0.1) is 6.92 Å². The van der Waals surface area contributed by atoms with E-state index < -0.39 is 23.8 Å². The first kappa shape index (κ1) is 27.4. The average molecular weight is 541 g/mol. The first-order chi connectivity index (χ1) is 19.1. The van der Waals surface area contributed by atoms with E-state index in [0.29, 0.717) is 17.2 Å². The summed E-state index contributed by atoms with van der Waals surface area (Å²) in [6.45, 7) is 1.98. The van der Waals surface area contributed by atoms with Gasteiger partial charge in [0.25, 0.3) is 11.8 Å². The van der Waals surface area contributed by atoms with Crippen molar-refractivity contribution in [1.29, 1.82) is 0 Å². The van der Waals surface area contributed by atoms with Crippen molar-refractivity contribution in [3.63, 3.8) is 0 Å². The summed E-state index contributed by atoms with van der Waals surface area (Å²) in [6, 6.07) is 21.8. The van der Waals surface area contributed by atoms with Gasteiger partial charge in [0.15, 0.2) is 0 Å². The maximum atomic E-state index is 12.9. The molecule has 4 aromatic rings. The molecule has 0 aliphatic carbocycles. The van der Waals surface area contributed by atoms with Gasteiger partial charge in [-0.2, -0.15) is 0 Å². The Morgan fingerprint density at radius 2 is 1.05 bits per heavy atom. The number of aryl methyl sites for hydroxylation is 1. The van der Waals surface area contributed by atoms with Crippen molar-refractivity contribution < 1.29 is 38.9 Å². The minimum atomic E-state index is -1.36. The SMILES string of the molecule is CNC(=O)c1cc(Oc2ccc(C(=O)Nc3ccc(Oc4ccc(C)cc4)cc3)c(C(=O)O)c2)ccc1C(=O)O. The van der Waals surface area contributed by atoms with Crippen LogP contribution in [-0.2, 0) is 0 Å². The van der Waals surface area contributed by atoms with Crippen LogP contribution in [-0.4, -0.2) is 41.0 Å². The van der Waals surface area contributed by atoms with Crippen LogP contribution in [0.4, 0.5) is 5.69 Å². The third kappa shape index (κ3) is 6.43. The van der Waals surface area contributed by atoms with Gasteiger partial charge in [-0.1, -0.05) is 17.7 Å². The Bertz CT molecular complexity index is 1600. The number of carboxylic acid groups (broad SMARTS) is 2. The van der Waals surface area contributed by atoms with E-state index in [1.54, 1.807) is 24.3 Å². The van der Waals surface area contributed by atoms with Crippen LogP contribution >= 0.6 is 0 Å². The Hall–Kier alpha value is -5.64. The summed E-state index contributed by atoms with van der Waals surface area (Å²) in [6.07, 6.45) is 0. The third-order valence-corrected chi connectivity index (χ3v) is 5.76. The highest BCUT2D eigenvalue weighted by Crippen LogP contribution is 2.28. The molecular weight excluding hydrogens is 516 g/mol. The molecule has 0 bridgehead atoms. The molecule has 0 heterocycles. The number of hydrogen-bond acceptors (Lipinski definition) is 6. The molecule has 2 amide bonds. The van der Waals surface area contributed by atoms with Crippen LogP contribution < -0.4 is 20.1 Å². The standard InChI is InChI=1S/C30H24N2O8/c1-17-3-7-19(8-4-17)39-20-9-5-18(6-10-20)32-28(34)23-13-11-22(16-26(23)30(37)38)40-21-12-14-24(29(35)36)25(15-21)27(33)31-2/h3-16H,1-2H3,(H,31,33)(H,32,34)(H,35,36)(H,37,38). The molecule has 0 aliphatic heterocycles. The zero-order valence-corrected chi connectivity index (χ0v) is 21.4. The van der Waals surface area contributed by atoms with Crippen LogP contribution in [0.1, 0.15) is 47.0 Å². The summed E-state index contributed by atoms with van der Waals surface area (Å²) < 4.78 is 11.5. The molecule has 40 heavy (non-hydrogen) atoms. The molecule has 10 heteroatoms. The van der Waals surface area contributed by atoms with E-state index >= 15 is 0 Å². The van der Waals surface area contributed by atoms with Gasteiger partial charge in [0, 0.05) is 12.7 Å². The molecule has 4 rings (SSSR count). The summed E-state index contributed by atoms with van der Waals surface area (Å²) in [5.41, 5.74) is 0.764. The fourth-order valence-corrected chi connectivity index (χ4v) is 3.74. The Morgan fingerprint density at radius 3 is 1.60 bits per heavy atom. The predicted molar refractivity (Wildman–Crippen MR) is 146 cm³/mol. The number of ether oxygens (including phenoxy) is 2. The van der Waals surface area contributed by atoms with Gasteiger partial charge in [-0.3, -0.25) is 9.59 Å². The average Bonchev–Trinajstić information content (AvgIpc) is 2.94. The number of hydrogen-bond donors (Lipinski definition) is 4. The van der Waals surface area contributed by atoms with Crippen molar-refractivity contribution in [2.24, 2.45) is 0 Å². The van der Waals surface area contributed by atoms with Gasteiger partial charge in [0.2, 0.25) is 0 Å². The summed E-state index contributed by atoms with van der Waals surface area (Å²) in [7, 11) is 1.36. The Morgan fingerprint density at radius 1 is 0.575 bits per heavy atom. The smallest absolute Gasteiger partial charge is 0.336 e. The van der Waals surface area contributed by atoms with Gasteiger partial charge < -0.3 is 30.3 Å². The maximum absolute atomic E-state index is 12.9. The van der Waals surface area contributed by atoms with Crippen molar-refractivity contribution >= 4 is 29.4 Å². The van der Waals surface area contributed by atoms with Gasteiger partial charge in [-0.05, 0) is 79.7 Å². The van der Waals surface area contributed by atoms with E-state index in [9.17, 15) is 29.4 Å². The molecule has 202 valence electrons. The molecule has 0 saturated heterocycles. The normalized spacial score (nSPS) is 10.3. The van der Waals surface area contributed by atoms with E-state index in [4.69, 9.17) is 9.47 Å². The molecule has 10 nitrogen and oxygen atoms in total. The van der Waals surface area contributed by atoms with Gasteiger partial charge in [-0.15, -0.1) is 0 Å². The molecule has 0 atom stereocenters. The first-order valence-electron chi connectivity index (χ1n) is 11.9. The van der Waals surface area contributed by atoms with Crippen molar-refractivity contribution in [3.05, 3.63) is 113 Å². The van der Waals surface area contributed by atoms with Crippen LogP contribution in [0.3, 0.4) is 0 Å². The topological polar surface area (TPSA) is 151 Å². The van der Waals surface area contributed by atoms with E-state index in [2.05, 4.69) is 10.6 Å². The Balaban J connectivity index is 1.50. The van der Waals surface area contributed by atoms with Crippen LogP contribution in [0.2, 0.25) is 0 Å². The molecule has 4 aromatic carbocycles. The quantitative estimate of drug-likeness (QED) is 0.215. The second-order valence-corrected chi connectivity index (χ2v) is 8.60. The lowest BCUT2D eigenvalue weighted by atomic mass is 10.1. The van der Waals surface area contributed by atoms with Crippen molar-refractivity contribution in [2.75, 3.05) is 12.4 Å². The maximum Gasteiger partial charge on any atom is 0.336 e. The van der Waals surface area contributed by atoms with E-state index in [1.165, 1.54) is 43.4 Å². The van der Waals surface area contributed by atoms with Crippen LogP contribution in [0.15, 0.2) is 84.9 Å². The molecular formula is C30H24N2O8. The number of nitrogens with one attached hydrogen (secondary N) is 2. The van der Waals surface area contributed by atoms with Crippen LogP contribution in [0.25, 0.3) is 0 Å². The van der Waals surface area contributed by atoms with E-state index in [-0.39, 0.29) is 33.8 Å². The molecule has 0 radical (unpaired) electrons. The first-order valence-corrected chi connectivity index (χ1v) is 11.9. The number of carbonyl (C=O) groups is 4. The number of carbonyl (C=O) groups excluding carboxylic acids is 2. The minimum absolute atomic E-state index is 0.0671. The highest BCUT2D eigenvalue weighted by atomic mass is 16.5. The van der Waals surface area contributed by atoms with Crippen molar-refractivity contribution in [1.82, 2.24) is 5.32 Å². The molecule has 4 N–H and O–H groups in total. The molecule has 0 saturated carbocycles. The molecule has 0 spiro atoms. The highest BCUT2D eigenvalue weighted by molar-refractivity contribution is 6.11. The Kier molecular flexibility index (Phi) is 8.10. The second-order valence-electron chi connectivity index (χ2n) is 8.60. The number of aromatic carboxylic acids is 2. The van der Waals surface area contributed by atoms with Gasteiger partial charge in [0.1, 0.15) is 23.0 Å². The van der Waals surface area contributed by atoms with Crippen molar-refractivity contribution in [2.45, 2.75) is 6.92 Å². The number of rotatable bonds is 9. The minimum Gasteiger partial charge on any atom is -0.478 e. The number of carboxylic acids is 2. The molecule has 0 unspecified atom stereocenters. The predicted octanol–water partition coefficient (Wildman–Crippen LogP) is 5.59. The molecule has 0 fully saturated rings. The number of amides is 2. The van der Waals surface area contributed by atoms with E-state index in [0.717, 1.165) is 5.56 Å². The fourth-order valence-electron chi connectivity index (χ4n) is 3.74. The second kappa shape index (κ2) is 11.8. The van der Waals surface area contributed by atoms with Crippen LogP contribution in [0.5, 0.6) is 23.0 Å². The highest BCUT2D eigenvalue weighted by Gasteiger charge is 2.20. The summed E-state index contributed by atoms with van der Waals surface area (Å²) in [5.74, 6) is -2.53. The summed E-state index contributed by atoms with van der Waals surface area (Å²) >= 11 is 0. The van der Waals surface area contributed by atoms with E-state index in [1.807, 2.05) is 31.2 Å². The lowest BCUT2D eigenvalue weighted by Crippen LogP contribution is -2.21. The molecule has 0 aromatic heterocycles. The summed E-state index contributed by atoms with van der Waals surface area (Å²) in [4.78, 5) is 48.4. The van der Waals surface area contributed by atoms with Gasteiger partial charge in [0.05, 0.1) is 22.3 Å². The molecule has 0 aliphatic rings. The lowest BCUT2D eigenvalue weighted by Gasteiger charge is -2.12. The van der Waals surface area contributed by atoms with Gasteiger partial charge >= 0.3 is 11.9 Å².